The lowest BCUT2D eigenvalue weighted by Gasteiger charge is -2.17. The Morgan fingerprint density at radius 1 is 1.46 bits per heavy atom. The first-order valence-electron chi connectivity index (χ1n) is 4.01. The fourth-order valence-corrected chi connectivity index (χ4v) is 1.49. The molecule has 0 aliphatic heterocycles. The van der Waals surface area contributed by atoms with Gasteiger partial charge in [-0.3, -0.25) is 0 Å². The number of nitrogens with two attached hydrogens (primary N) is 2. The molecule has 1 aromatic rings. The number of nitrogen functional groups attached to an aromatic ring is 1. The molecular weight excluding hydrogens is 232 g/mol. The Hall–Kier alpha value is -0.580. The Kier molecular flexibility index (Phi) is 3.30. The summed E-state index contributed by atoms with van der Waals surface area (Å²) in [6.45, 7) is 1.64. The number of anilines is 1. The maximum Gasteiger partial charge on any atom is 0.0705 e. The van der Waals surface area contributed by atoms with E-state index in [9.17, 15) is 5.11 Å². The minimum Gasteiger partial charge on any atom is -0.398 e. The zero-order valence-corrected chi connectivity index (χ0v) is 8.95. The standard InChI is InChI=1S/C9H13BrN2O/c1-5(13)9(12)7-3-2-6(10)4-8(7)11/h2-5,9,13H,11-12H2,1H3/t5?,9-/m1/s1. The molecule has 1 aromatic carbocycles. The Morgan fingerprint density at radius 2 is 2.08 bits per heavy atom. The van der Waals surface area contributed by atoms with Gasteiger partial charge in [-0.05, 0) is 24.6 Å². The van der Waals surface area contributed by atoms with Crippen molar-refractivity contribution in [2.75, 3.05) is 5.73 Å². The number of aliphatic hydroxyl groups is 1. The molecule has 1 rings (SSSR count). The van der Waals surface area contributed by atoms with Crippen molar-refractivity contribution in [3.05, 3.63) is 28.2 Å². The highest BCUT2D eigenvalue weighted by molar-refractivity contribution is 9.10. The van der Waals surface area contributed by atoms with Crippen LogP contribution in [0.25, 0.3) is 0 Å². The van der Waals surface area contributed by atoms with Crippen molar-refractivity contribution in [1.29, 1.82) is 0 Å². The molecule has 5 N–H and O–H groups in total. The smallest absolute Gasteiger partial charge is 0.0705 e. The van der Waals surface area contributed by atoms with Crippen LogP contribution >= 0.6 is 15.9 Å². The molecule has 2 atom stereocenters. The van der Waals surface area contributed by atoms with Gasteiger partial charge in [-0.25, -0.2) is 0 Å². The second-order valence-electron chi connectivity index (χ2n) is 3.04. The Balaban J connectivity index is 3.01. The topological polar surface area (TPSA) is 72.3 Å². The molecule has 0 aliphatic rings. The van der Waals surface area contributed by atoms with Crippen LogP contribution in [0, 0.1) is 0 Å². The van der Waals surface area contributed by atoms with Crippen molar-refractivity contribution in [1.82, 2.24) is 0 Å². The molecule has 0 saturated carbocycles. The molecule has 72 valence electrons. The zero-order valence-electron chi connectivity index (χ0n) is 7.37. The van der Waals surface area contributed by atoms with E-state index in [2.05, 4.69) is 15.9 Å². The van der Waals surface area contributed by atoms with Crippen molar-refractivity contribution in [2.45, 2.75) is 19.1 Å². The van der Waals surface area contributed by atoms with Gasteiger partial charge in [0.1, 0.15) is 0 Å². The van der Waals surface area contributed by atoms with Crippen LogP contribution in [-0.2, 0) is 0 Å². The van der Waals surface area contributed by atoms with Crippen LogP contribution in [0.2, 0.25) is 0 Å². The van der Waals surface area contributed by atoms with Crippen LogP contribution < -0.4 is 11.5 Å². The predicted octanol–water partition coefficient (Wildman–Crippen LogP) is 1.41. The van der Waals surface area contributed by atoms with Gasteiger partial charge in [-0.1, -0.05) is 22.0 Å². The average Bonchev–Trinajstić information content (AvgIpc) is 2.03. The van der Waals surface area contributed by atoms with E-state index in [0.29, 0.717) is 5.69 Å². The summed E-state index contributed by atoms with van der Waals surface area (Å²) in [7, 11) is 0. The molecule has 13 heavy (non-hydrogen) atoms. The lowest BCUT2D eigenvalue weighted by Crippen LogP contribution is -2.24. The second kappa shape index (κ2) is 4.09. The van der Waals surface area contributed by atoms with Crippen molar-refractivity contribution < 1.29 is 5.11 Å². The normalized spacial score (nSPS) is 15.4. The number of halogens is 1. The van der Waals surface area contributed by atoms with Gasteiger partial charge in [0.2, 0.25) is 0 Å². The van der Waals surface area contributed by atoms with Gasteiger partial charge >= 0.3 is 0 Å². The zero-order chi connectivity index (χ0) is 10.0. The molecule has 0 bridgehead atoms. The summed E-state index contributed by atoms with van der Waals surface area (Å²) in [5.74, 6) is 0. The molecule has 0 radical (unpaired) electrons. The Bertz CT molecular complexity index is 302. The third kappa shape index (κ3) is 2.43. The minimum absolute atomic E-state index is 0.423. The molecule has 0 spiro atoms. The van der Waals surface area contributed by atoms with E-state index >= 15 is 0 Å². The minimum atomic E-state index is -0.594. The summed E-state index contributed by atoms with van der Waals surface area (Å²) in [6, 6.07) is 5.02. The number of hydrogen-bond donors (Lipinski definition) is 3. The van der Waals surface area contributed by atoms with Crippen LogP contribution in [0.3, 0.4) is 0 Å². The summed E-state index contributed by atoms with van der Waals surface area (Å²) in [4.78, 5) is 0. The number of rotatable bonds is 2. The second-order valence-corrected chi connectivity index (χ2v) is 3.96. The fourth-order valence-electron chi connectivity index (χ4n) is 1.11. The van der Waals surface area contributed by atoms with Crippen molar-refractivity contribution in [3.8, 4) is 0 Å². The quantitative estimate of drug-likeness (QED) is 0.690. The maximum atomic E-state index is 9.28. The van der Waals surface area contributed by atoms with E-state index in [-0.39, 0.29) is 0 Å². The van der Waals surface area contributed by atoms with E-state index in [1.807, 2.05) is 12.1 Å². The van der Waals surface area contributed by atoms with E-state index in [1.54, 1.807) is 13.0 Å². The van der Waals surface area contributed by atoms with E-state index in [4.69, 9.17) is 11.5 Å². The summed E-state index contributed by atoms with van der Waals surface area (Å²) in [6.07, 6.45) is -0.594. The van der Waals surface area contributed by atoms with Gasteiger partial charge in [0, 0.05) is 10.2 Å². The largest absolute Gasteiger partial charge is 0.398 e. The van der Waals surface area contributed by atoms with Gasteiger partial charge in [-0.15, -0.1) is 0 Å². The molecular formula is C9H13BrN2O. The highest BCUT2D eigenvalue weighted by atomic mass is 79.9. The molecule has 0 saturated heterocycles. The Labute approximate surface area is 85.9 Å². The van der Waals surface area contributed by atoms with E-state index < -0.39 is 12.1 Å². The highest BCUT2D eigenvalue weighted by Gasteiger charge is 2.14. The van der Waals surface area contributed by atoms with Crippen molar-refractivity contribution in [2.24, 2.45) is 5.73 Å². The monoisotopic (exact) mass is 244 g/mol. The van der Waals surface area contributed by atoms with E-state index in [0.717, 1.165) is 10.0 Å². The third-order valence-electron chi connectivity index (χ3n) is 1.93. The number of hydrogen-bond acceptors (Lipinski definition) is 3. The highest BCUT2D eigenvalue weighted by Crippen LogP contribution is 2.24. The lowest BCUT2D eigenvalue weighted by molar-refractivity contribution is 0.164. The van der Waals surface area contributed by atoms with Crippen LogP contribution in [0.5, 0.6) is 0 Å². The number of benzene rings is 1. The first-order chi connectivity index (χ1) is 6.02. The van der Waals surface area contributed by atoms with Crippen LogP contribution in [0.15, 0.2) is 22.7 Å². The third-order valence-corrected chi connectivity index (χ3v) is 2.42. The average molecular weight is 245 g/mol. The molecule has 0 heterocycles. The summed E-state index contributed by atoms with van der Waals surface area (Å²) >= 11 is 3.30. The Morgan fingerprint density at radius 3 is 2.54 bits per heavy atom. The summed E-state index contributed by atoms with van der Waals surface area (Å²) in [5, 5.41) is 9.28. The molecule has 1 unspecified atom stereocenters. The first kappa shape index (κ1) is 10.5. The van der Waals surface area contributed by atoms with Crippen LogP contribution in [0.1, 0.15) is 18.5 Å². The molecule has 0 fully saturated rings. The van der Waals surface area contributed by atoms with Gasteiger partial charge in [0.15, 0.2) is 0 Å². The van der Waals surface area contributed by atoms with Gasteiger partial charge in [0.05, 0.1) is 12.1 Å². The molecule has 0 amide bonds. The molecule has 4 heteroatoms. The summed E-state index contributed by atoms with van der Waals surface area (Å²) in [5.41, 5.74) is 12.9. The SMILES string of the molecule is CC(O)[C@@H](N)c1ccc(Br)cc1N. The first-order valence-corrected chi connectivity index (χ1v) is 4.80. The van der Waals surface area contributed by atoms with Gasteiger partial charge in [0.25, 0.3) is 0 Å². The number of aliphatic hydroxyl groups excluding tert-OH is 1. The van der Waals surface area contributed by atoms with Crippen molar-refractivity contribution >= 4 is 21.6 Å². The molecule has 0 aromatic heterocycles. The van der Waals surface area contributed by atoms with Crippen molar-refractivity contribution in [3.63, 3.8) is 0 Å². The van der Waals surface area contributed by atoms with Gasteiger partial charge < -0.3 is 16.6 Å². The van der Waals surface area contributed by atoms with Gasteiger partial charge in [-0.2, -0.15) is 0 Å². The van der Waals surface area contributed by atoms with E-state index in [1.165, 1.54) is 0 Å². The van der Waals surface area contributed by atoms with Crippen LogP contribution in [0.4, 0.5) is 5.69 Å². The summed E-state index contributed by atoms with van der Waals surface area (Å²) < 4.78 is 0.909. The lowest BCUT2D eigenvalue weighted by atomic mass is 10.0. The molecule has 3 nitrogen and oxygen atoms in total. The maximum absolute atomic E-state index is 9.28. The fraction of sp³-hybridized carbons (Fsp3) is 0.333. The molecule has 0 aliphatic carbocycles. The predicted molar refractivity (Wildman–Crippen MR) is 57.2 cm³/mol. The van der Waals surface area contributed by atoms with Crippen LogP contribution in [-0.4, -0.2) is 11.2 Å².